The molecule has 1 heterocycles. The zero-order valence-corrected chi connectivity index (χ0v) is 19.9. The van der Waals surface area contributed by atoms with Crippen molar-refractivity contribution in [1.29, 1.82) is 0 Å². The molecule has 0 unspecified atom stereocenters. The highest BCUT2D eigenvalue weighted by molar-refractivity contribution is 5.94. The summed E-state index contributed by atoms with van der Waals surface area (Å²) in [6.45, 7) is 5.66. The first-order chi connectivity index (χ1) is 16.8. The number of amides is 2. The number of carboxylic acids is 1. The second kappa shape index (κ2) is 10.0. The van der Waals surface area contributed by atoms with E-state index in [1.165, 1.54) is 6.92 Å². The van der Waals surface area contributed by atoms with Gasteiger partial charge in [-0.3, -0.25) is 4.79 Å². The molecule has 180 valence electrons. The number of carbonyl (C=O) groups excluding carboxylic acids is 2. The number of ether oxygens (including phenoxy) is 1. The third-order valence-corrected chi connectivity index (χ3v) is 6.61. The lowest BCUT2D eigenvalue weighted by Gasteiger charge is -2.43. The van der Waals surface area contributed by atoms with Gasteiger partial charge in [-0.15, -0.1) is 0 Å². The van der Waals surface area contributed by atoms with Crippen LogP contribution in [0.25, 0.3) is 11.1 Å². The Morgan fingerprint density at radius 3 is 2.23 bits per heavy atom. The van der Waals surface area contributed by atoms with E-state index in [0.29, 0.717) is 0 Å². The Hall–Kier alpha value is -4.13. The van der Waals surface area contributed by atoms with Gasteiger partial charge in [-0.2, -0.15) is 0 Å². The van der Waals surface area contributed by atoms with Crippen LogP contribution in [0.2, 0.25) is 0 Å². The van der Waals surface area contributed by atoms with E-state index in [0.717, 1.165) is 27.9 Å². The van der Waals surface area contributed by atoms with E-state index in [4.69, 9.17) is 4.74 Å². The molecule has 0 spiro atoms. The summed E-state index contributed by atoms with van der Waals surface area (Å²) >= 11 is 0. The monoisotopic (exact) mass is 472 g/mol. The summed E-state index contributed by atoms with van der Waals surface area (Å²) in [6, 6.07) is 21.3. The highest BCUT2D eigenvalue weighted by Gasteiger charge is 2.39. The standard InChI is InChI=1S/C28H28N2O5/c1-17-18(2)30(19(3)31)25-14-13-23(21-9-11-22(12-10-21)27(32)33)15-24(25)26(17)29-28(34)35-16-20-7-5-4-6-8-20/h4-15,17-18,26H,16H2,1-3H3,(H,29,34)(H,32,33)/t17-,18-,26+/m0/s1. The van der Waals surface area contributed by atoms with Crippen molar-refractivity contribution in [2.24, 2.45) is 5.92 Å². The number of anilines is 1. The number of carbonyl (C=O) groups is 3. The van der Waals surface area contributed by atoms with Crippen LogP contribution in [-0.2, 0) is 16.1 Å². The molecule has 0 saturated carbocycles. The lowest BCUT2D eigenvalue weighted by molar-refractivity contribution is -0.117. The first-order valence-electron chi connectivity index (χ1n) is 11.5. The van der Waals surface area contributed by atoms with Crippen molar-refractivity contribution in [2.45, 2.75) is 39.5 Å². The van der Waals surface area contributed by atoms with Crippen LogP contribution < -0.4 is 10.2 Å². The van der Waals surface area contributed by atoms with Gasteiger partial charge in [0.15, 0.2) is 0 Å². The lowest BCUT2D eigenvalue weighted by Crippen LogP contribution is -2.50. The Kier molecular flexibility index (Phi) is 6.87. The van der Waals surface area contributed by atoms with Crippen LogP contribution in [0.5, 0.6) is 0 Å². The van der Waals surface area contributed by atoms with Gasteiger partial charge in [0.1, 0.15) is 6.61 Å². The van der Waals surface area contributed by atoms with Gasteiger partial charge in [0.05, 0.1) is 11.6 Å². The number of nitrogens with zero attached hydrogens (tertiary/aromatic N) is 1. The van der Waals surface area contributed by atoms with Gasteiger partial charge in [-0.05, 0) is 53.4 Å². The van der Waals surface area contributed by atoms with Crippen molar-refractivity contribution in [3.05, 3.63) is 89.5 Å². The Labute approximate surface area is 204 Å². The molecule has 1 aliphatic rings. The molecule has 0 aliphatic carbocycles. The minimum atomic E-state index is -0.986. The van der Waals surface area contributed by atoms with Crippen LogP contribution in [0.4, 0.5) is 10.5 Å². The van der Waals surface area contributed by atoms with E-state index in [-0.39, 0.29) is 36.1 Å². The predicted octanol–water partition coefficient (Wildman–Crippen LogP) is 5.41. The average Bonchev–Trinajstić information content (AvgIpc) is 2.86. The van der Waals surface area contributed by atoms with Crippen LogP contribution in [0.15, 0.2) is 72.8 Å². The fourth-order valence-corrected chi connectivity index (χ4v) is 4.58. The summed E-state index contributed by atoms with van der Waals surface area (Å²) in [5, 5.41) is 12.2. The molecule has 1 aliphatic heterocycles. The number of nitrogens with one attached hydrogen (secondary N) is 1. The third kappa shape index (κ3) is 5.04. The Morgan fingerprint density at radius 2 is 1.60 bits per heavy atom. The SMILES string of the molecule is CC(=O)N1c2ccc(-c3ccc(C(=O)O)cc3)cc2[C@H](NC(=O)OCc2ccccc2)[C@@H](C)[C@@H]1C. The highest BCUT2D eigenvalue weighted by atomic mass is 16.5. The van der Waals surface area contributed by atoms with E-state index in [1.807, 2.05) is 62.4 Å². The van der Waals surface area contributed by atoms with E-state index < -0.39 is 12.1 Å². The Balaban J connectivity index is 1.66. The smallest absolute Gasteiger partial charge is 0.407 e. The fraction of sp³-hybridized carbons (Fsp3) is 0.250. The number of alkyl carbamates (subject to hydrolysis) is 1. The number of aromatic carboxylic acids is 1. The topological polar surface area (TPSA) is 95.9 Å². The summed E-state index contributed by atoms with van der Waals surface area (Å²) in [7, 11) is 0. The van der Waals surface area contributed by atoms with Crippen LogP contribution >= 0.6 is 0 Å². The minimum absolute atomic E-state index is 0.0748. The number of carboxylic acid groups (broad SMARTS) is 1. The molecule has 3 aromatic carbocycles. The van der Waals surface area contributed by atoms with Crippen molar-refractivity contribution in [3.63, 3.8) is 0 Å². The van der Waals surface area contributed by atoms with E-state index in [9.17, 15) is 19.5 Å². The number of rotatable bonds is 5. The zero-order chi connectivity index (χ0) is 25.1. The maximum Gasteiger partial charge on any atom is 0.407 e. The molecule has 4 rings (SSSR count). The minimum Gasteiger partial charge on any atom is -0.478 e. The molecule has 0 saturated heterocycles. The second-order valence-corrected chi connectivity index (χ2v) is 8.83. The Bertz CT molecular complexity index is 1240. The maximum absolute atomic E-state index is 12.7. The van der Waals surface area contributed by atoms with Crippen molar-refractivity contribution in [1.82, 2.24) is 5.32 Å². The van der Waals surface area contributed by atoms with Crippen molar-refractivity contribution < 1.29 is 24.2 Å². The molecule has 2 N–H and O–H groups in total. The summed E-state index contributed by atoms with van der Waals surface area (Å²) in [5.41, 5.74) is 4.34. The van der Waals surface area contributed by atoms with Crippen LogP contribution in [0, 0.1) is 5.92 Å². The van der Waals surface area contributed by atoms with Gasteiger partial charge in [-0.1, -0.05) is 55.5 Å². The zero-order valence-electron chi connectivity index (χ0n) is 19.9. The summed E-state index contributed by atoms with van der Waals surface area (Å²) in [6.07, 6.45) is -0.531. The molecule has 0 aromatic heterocycles. The summed E-state index contributed by atoms with van der Waals surface area (Å²) < 4.78 is 5.47. The molecular formula is C28H28N2O5. The largest absolute Gasteiger partial charge is 0.478 e. The molecule has 0 bridgehead atoms. The van der Waals surface area contributed by atoms with Crippen molar-refractivity contribution in [3.8, 4) is 11.1 Å². The fourth-order valence-electron chi connectivity index (χ4n) is 4.58. The van der Waals surface area contributed by atoms with E-state index in [1.54, 1.807) is 29.2 Å². The van der Waals surface area contributed by atoms with Gasteiger partial charge in [-0.25, -0.2) is 9.59 Å². The highest BCUT2D eigenvalue weighted by Crippen LogP contribution is 2.42. The molecule has 3 atom stereocenters. The number of hydrogen-bond donors (Lipinski definition) is 2. The van der Waals surface area contributed by atoms with Crippen LogP contribution in [0.3, 0.4) is 0 Å². The van der Waals surface area contributed by atoms with Crippen molar-refractivity contribution in [2.75, 3.05) is 4.90 Å². The predicted molar refractivity (Wildman–Crippen MR) is 133 cm³/mol. The normalized spacial score (nSPS) is 18.9. The molecule has 7 nitrogen and oxygen atoms in total. The lowest BCUT2D eigenvalue weighted by atomic mass is 9.81. The number of fused-ring (bicyclic) bond motifs is 1. The molecule has 2 amide bonds. The maximum atomic E-state index is 12.7. The summed E-state index contributed by atoms with van der Waals surface area (Å²) in [5.74, 6) is -1.14. The quantitative estimate of drug-likeness (QED) is 0.518. The molecule has 0 radical (unpaired) electrons. The Morgan fingerprint density at radius 1 is 0.943 bits per heavy atom. The van der Waals surface area contributed by atoms with Crippen LogP contribution in [-0.4, -0.2) is 29.1 Å². The van der Waals surface area contributed by atoms with Gasteiger partial charge >= 0.3 is 12.1 Å². The van der Waals surface area contributed by atoms with E-state index in [2.05, 4.69) is 5.32 Å². The van der Waals surface area contributed by atoms with Gasteiger partial charge in [0.2, 0.25) is 5.91 Å². The number of hydrogen-bond acceptors (Lipinski definition) is 4. The molecule has 7 heteroatoms. The van der Waals surface area contributed by atoms with Gasteiger partial charge in [0, 0.05) is 24.6 Å². The van der Waals surface area contributed by atoms with E-state index >= 15 is 0 Å². The molecule has 0 fully saturated rings. The molecule has 35 heavy (non-hydrogen) atoms. The molecular weight excluding hydrogens is 444 g/mol. The third-order valence-electron chi connectivity index (χ3n) is 6.61. The first kappa shape index (κ1) is 24.0. The van der Waals surface area contributed by atoms with Crippen LogP contribution in [0.1, 0.15) is 48.3 Å². The first-order valence-corrected chi connectivity index (χ1v) is 11.5. The van der Waals surface area contributed by atoms with Crippen molar-refractivity contribution >= 4 is 23.7 Å². The average molecular weight is 473 g/mol. The number of benzene rings is 3. The molecule has 3 aromatic rings. The van der Waals surface area contributed by atoms with Gasteiger partial charge < -0.3 is 20.1 Å². The summed E-state index contributed by atoms with van der Waals surface area (Å²) in [4.78, 5) is 38.2. The second-order valence-electron chi connectivity index (χ2n) is 8.83. The van der Waals surface area contributed by atoms with Gasteiger partial charge in [0.25, 0.3) is 0 Å².